The van der Waals surface area contributed by atoms with Crippen molar-refractivity contribution in [2.75, 3.05) is 0 Å². The molecule has 1 atom stereocenters. The van der Waals surface area contributed by atoms with Crippen molar-refractivity contribution in [3.63, 3.8) is 0 Å². The predicted molar refractivity (Wildman–Crippen MR) is 72.2 cm³/mol. The number of para-hydroxylation sites is 1. The molecule has 19 heavy (non-hydrogen) atoms. The van der Waals surface area contributed by atoms with Gasteiger partial charge in [-0.15, -0.1) is 0 Å². The lowest BCUT2D eigenvalue weighted by Crippen LogP contribution is -1.99. The highest BCUT2D eigenvalue weighted by molar-refractivity contribution is 6.28. The zero-order valence-electron chi connectivity index (χ0n) is 10.7. The first kappa shape index (κ1) is 13.7. The molecule has 100 valence electrons. The first-order chi connectivity index (χ1) is 9.11. The Hall–Kier alpha value is -1.68. The molecule has 0 spiro atoms. The SMILES string of the molecule is CCC(C)c1ccccc1Oc1nc(Cl)ncc1F. The summed E-state index contributed by atoms with van der Waals surface area (Å²) in [6.45, 7) is 4.18. The van der Waals surface area contributed by atoms with Gasteiger partial charge < -0.3 is 4.74 Å². The summed E-state index contributed by atoms with van der Waals surface area (Å²) in [6, 6.07) is 7.51. The Labute approximate surface area is 116 Å². The molecular weight excluding hydrogens is 267 g/mol. The zero-order valence-corrected chi connectivity index (χ0v) is 11.5. The number of aromatic nitrogens is 2. The topological polar surface area (TPSA) is 35.0 Å². The Morgan fingerprint density at radius 2 is 2.11 bits per heavy atom. The van der Waals surface area contributed by atoms with Gasteiger partial charge in [-0.3, -0.25) is 0 Å². The summed E-state index contributed by atoms with van der Waals surface area (Å²) in [6.07, 6.45) is 1.96. The standard InChI is InChI=1S/C14H14ClFN2O/c1-3-9(2)10-6-4-5-7-12(10)19-13-11(16)8-17-14(15)18-13/h4-9H,3H2,1-2H3. The number of rotatable bonds is 4. The fourth-order valence-electron chi connectivity index (χ4n) is 1.71. The Bertz CT molecular complexity index is 577. The summed E-state index contributed by atoms with van der Waals surface area (Å²) in [5.74, 6) is 0.112. The Morgan fingerprint density at radius 1 is 1.37 bits per heavy atom. The van der Waals surface area contributed by atoms with Gasteiger partial charge in [0.2, 0.25) is 11.1 Å². The van der Waals surface area contributed by atoms with Gasteiger partial charge in [-0.25, -0.2) is 4.98 Å². The second kappa shape index (κ2) is 5.97. The van der Waals surface area contributed by atoms with Gasteiger partial charge in [0.25, 0.3) is 5.88 Å². The molecule has 0 aliphatic heterocycles. The smallest absolute Gasteiger partial charge is 0.260 e. The minimum absolute atomic E-state index is 0.0441. The van der Waals surface area contributed by atoms with Crippen LogP contribution in [0.2, 0.25) is 5.28 Å². The summed E-state index contributed by atoms with van der Waals surface area (Å²) in [5, 5.41) is -0.0441. The first-order valence-corrected chi connectivity index (χ1v) is 6.44. The third-order valence-corrected chi connectivity index (χ3v) is 3.13. The third kappa shape index (κ3) is 3.20. The number of hydrogen-bond acceptors (Lipinski definition) is 3. The second-order valence-electron chi connectivity index (χ2n) is 4.24. The molecule has 0 amide bonds. The van der Waals surface area contributed by atoms with Crippen molar-refractivity contribution in [1.82, 2.24) is 9.97 Å². The molecular formula is C14H14ClFN2O. The maximum atomic E-state index is 13.6. The molecule has 0 N–H and O–H groups in total. The molecule has 0 aliphatic rings. The zero-order chi connectivity index (χ0) is 13.8. The van der Waals surface area contributed by atoms with Gasteiger partial charge >= 0.3 is 0 Å². The minimum Gasteiger partial charge on any atom is -0.436 e. The van der Waals surface area contributed by atoms with E-state index in [4.69, 9.17) is 16.3 Å². The fraction of sp³-hybridized carbons (Fsp3) is 0.286. The molecule has 0 fully saturated rings. The predicted octanol–water partition coefficient (Wildman–Crippen LogP) is 4.57. The molecule has 1 aromatic carbocycles. The van der Waals surface area contributed by atoms with E-state index in [1.807, 2.05) is 18.2 Å². The van der Waals surface area contributed by atoms with Gasteiger partial charge in [0.15, 0.2) is 0 Å². The molecule has 2 aromatic rings. The van der Waals surface area contributed by atoms with Crippen molar-refractivity contribution in [2.24, 2.45) is 0 Å². The Balaban J connectivity index is 2.35. The average Bonchev–Trinajstić information content (AvgIpc) is 2.42. The van der Waals surface area contributed by atoms with Crippen LogP contribution in [0.1, 0.15) is 31.7 Å². The van der Waals surface area contributed by atoms with E-state index < -0.39 is 5.82 Å². The third-order valence-electron chi connectivity index (χ3n) is 2.95. The van der Waals surface area contributed by atoms with Crippen LogP contribution < -0.4 is 4.74 Å². The lowest BCUT2D eigenvalue weighted by Gasteiger charge is -2.15. The molecule has 1 aromatic heterocycles. The van der Waals surface area contributed by atoms with E-state index in [9.17, 15) is 4.39 Å². The van der Waals surface area contributed by atoms with E-state index in [1.165, 1.54) is 0 Å². The van der Waals surface area contributed by atoms with E-state index in [0.717, 1.165) is 18.2 Å². The van der Waals surface area contributed by atoms with Crippen molar-refractivity contribution in [3.8, 4) is 11.6 Å². The van der Waals surface area contributed by atoms with Crippen LogP contribution >= 0.6 is 11.6 Å². The van der Waals surface area contributed by atoms with Gasteiger partial charge in [-0.2, -0.15) is 9.37 Å². The quantitative estimate of drug-likeness (QED) is 0.769. The molecule has 0 radical (unpaired) electrons. The summed E-state index contributed by atoms with van der Waals surface area (Å²) in [5.41, 5.74) is 1.01. The molecule has 0 aliphatic carbocycles. The van der Waals surface area contributed by atoms with Crippen LogP contribution in [0.15, 0.2) is 30.5 Å². The molecule has 0 saturated heterocycles. The van der Waals surface area contributed by atoms with E-state index in [2.05, 4.69) is 23.8 Å². The normalized spacial score (nSPS) is 12.2. The van der Waals surface area contributed by atoms with Gasteiger partial charge in [-0.05, 0) is 35.6 Å². The van der Waals surface area contributed by atoms with Gasteiger partial charge in [0.05, 0.1) is 6.20 Å². The average molecular weight is 281 g/mol. The van der Waals surface area contributed by atoms with Crippen LogP contribution in [0.5, 0.6) is 11.6 Å². The number of nitrogens with zero attached hydrogens (tertiary/aromatic N) is 2. The molecule has 0 saturated carbocycles. The number of halogens is 2. The summed E-state index contributed by atoms with van der Waals surface area (Å²) in [4.78, 5) is 7.31. The summed E-state index contributed by atoms with van der Waals surface area (Å²) in [7, 11) is 0. The second-order valence-corrected chi connectivity index (χ2v) is 4.58. The molecule has 5 heteroatoms. The number of hydrogen-bond donors (Lipinski definition) is 0. The van der Waals surface area contributed by atoms with Crippen LogP contribution in [0.25, 0.3) is 0 Å². The van der Waals surface area contributed by atoms with Crippen LogP contribution in [0, 0.1) is 5.82 Å². The van der Waals surface area contributed by atoms with Crippen molar-refractivity contribution in [2.45, 2.75) is 26.2 Å². The van der Waals surface area contributed by atoms with Gasteiger partial charge in [0.1, 0.15) is 5.75 Å². The van der Waals surface area contributed by atoms with E-state index in [0.29, 0.717) is 11.7 Å². The van der Waals surface area contributed by atoms with Crippen LogP contribution in [-0.4, -0.2) is 9.97 Å². The summed E-state index contributed by atoms with van der Waals surface area (Å²) < 4.78 is 19.1. The minimum atomic E-state index is -0.636. The Morgan fingerprint density at radius 3 is 2.84 bits per heavy atom. The lowest BCUT2D eigenvalue weighted by molar-refractivity contribution is 0.412. The number of benzene rings is 1. The maximum Gasteiger partial charge on any atom is 0.260 e. The first-order valence-electron chi connectivity index (χ1n) is 6.06. The largest absolute Gasteiger partial charge is 0.436 e. The highest BCUT2D eigenvalue weighted by atomic mass is 35.5. The fourth-order valence-corrected chi connectivity index (χ4v) is 1.83. The molecule has 2 rings (SSSR count). The highest BCUT2D eigenvalue weighted by Gasteiger charge is 2.14. The molecule has 1 heterocycles. The number of ether oxygens (including phenoxy) is 1. The van der Waals surface area contributed by atoms with E-state index >= 15 is 0 Å². The van der Waals surface area contributed by atoms with Crippen LogP contribution in [0.3, 0.4) is 0 Å². The van der Waals surface area contributed by atoms with Gasteiger partial charge in [0, 0.05) is 0 Å². The van der Waals surface area contributed by atoms with Crippen LogP contribution in [-0.2, 0) is 0 Å². The van der Waals surface area contributed by atoms with Gasteiger partial charge in [-0.1, -0.05) is 32.0 Å². The van der Waals surface area contributed by atoms with E-state index in [-0.39, 0.29) is 11.2 Å². The molecule has 0 bridgehead atoms. The summed E-state index contributed by atoms with van der Waals surface area (Å²) >= 11 is 5.64. The Kier molecular flexibility index (Phi) is 4.32. The molecule has 1 unspecified atom stereocenters. The van der Waals surface area contributed by atoms with Crippen molar-refractivity contribution < 1.29 is 9.13 Å². The van der Waals surface area contributed by atoms with Crippen molar-refractivity contribution in [1.29, 1.82) is 0 Å². The monoisotopic (exact) mass is 280 g/mol. The highest BCUT2D eigenvalue weighted by Crippen LogP contribution is 2.32. The van der Waals surface area contributed by atoms with Crippen molar-refractivity contribution in [3.05, 3.63) is 47.1 Å². The van der Waals surface area contributed by atoms with Crippen LogP contribution in [0.4, 0.5) is 4.39 Å². The molecule has 3 nitrogen and oxygen atoms in total. The van der Waals surface area contributed by atoms with E-state index in [1.54, 1.807) is 6.07 Å². The lowest BCUT2D eigenvalue weighted by atomic mass is 9.98. The van der Waals surface area contributed by atoms with Crippen molar-refractivity contribution >= 4 is 11.6 Å². The maximum absolute atomic E-state index is 13.6.